The second-order valence-corrected chi connectivity index (χ2v) is 2.88. The fourth-order valence-electron chi connectivity index (χ4n) is 0.836. The van der Waals surface area contributed by atoms with Gasteiger partial charge in [-0.3, -0.25) is 4.99 Å². The van der Waals surface area contributed by atoms with Gasteiger partial charge in [0.2, 0.25) is 0 Å². The van der Waals surface area contributed by atoms with E-state index >= 15 is 0 Å². The van der Waals surface area contributed by atoms with E-state index in [9.17, 15) is 0 Å². The van der Waals surface area contributed by atoms with E-state index in [0.717, 1.165) is 10.6 Å². The Morgan fingerprint density at radius 2 is 2.50 bits per heavy atom. The molecule has 0 N–H and O–H groups in total. The molecule has 0 radical (unpaired) electrons. The van der Waals surface area contributed by atoms with E-state index in [4.69, 9.17) is 0 Å². The van der Waals surface area contributed by atoms with Gasteiger partial charge in [-0.2, -0.15) is 0 Å². The normalized spacial score (nSPS) is 14.8. The second kappa shape index (κ2) is 2.34. The van der Waals surface area contributed by atoms with Crippen molar-refractivity contribution in [1.82, 2.24) is 0 Å². The molecule has 0 bridgehead atoms. The molecule has 1 aromatic rings. The summed E-state index contributed by atoms with van der Waals surface area (Å²) >= 11 is 1.65. The molecule has 50 valence electrons. The average molecular weight is 150 g/mol. The van der Waals surface area contributed by atoms with Gasteiger partial charge in [-0.1, -0.05) is 0 Å². The molecule has 0 aliphatic carbocycles. The van der Waals surface area contributed by atoms with Crippen molar-refractivity contribution >= 4 is 28.8 Å². The second-order valence-electron chi connectivity index (χ2n) is 1.99. The van der Waals surface area contributed by atoms with Gasteiger partial charge in [0.15, 0.2) is 0 Å². The smallest absolute Gasteiger partial charge is 0.124 e. The zero-order valence-corrected chi connectivity index (χ0v) is 6.14. The van der Waals surface area contributed by atoms with Crippen molar-refractivity contribution in [3.63, 3.8) is 0 Å². The predicted octanol–water partition coefficient (Wildman–Crippen LogP) is 1.88. The molecule has 0 aromatic carbocycles. The van der Waals surface area contributed by atoms with Gasteiger partial charge in [0, 0.05) is 18.0 Å². The minimum absolute atomic E-state index is 0.710. The molecule has 0 saturated heterocycles. The molecule has 0 saturated carbocycles. The van der Waals surface area contributed by atoms with Crippen LogP contribution in [0.5, 0.6) is 0 Å². The van der Waals surface area contributed by atoms with E-state index in [0.29, 0.717) is 6.54 Å². The quantitative estimate of drug-likeness (QED) is 0.539. The van der Waals surface area contributed by atoms with Gasteiger partial charge in [-0.25, -0.2) is 4.99 Å². The maximum absolute atomic E-state index is 4.22. The fraction of sp³-hybridized carbons (Fsp3) is 0.143. The van der Waals surface area contributed by atoms with Crippen LogP contribution in [0.4, 0.5) is 5.00 Å². The Morgan fingerprint density at radius 3 is 3.50 bits per heavy atom. The van der Waals surface area contributed by atoms with Crippen LogP contribution in [0.1, 0.15) is 5.56 Å². The lowest BCUT2D eigenvalue weighted by atomic mass is 10.3. The van der Waals surface area contributed by atoms with Crippen LogP contribution in [0, 0.1) is 0 Å². The molecule has 1 aromatic heterocycles. The monoisotopic (exact) mass is 150 g/mol. The van der Waals surface area contributed by atoms with Crippen molar-refractivity contribution < 1.29 is 0 Å². The highest BCUT2D eigenvalue weighted by Gasteiger charge is 1.99. The van der Waals surface area contributed by atoms with Crippen LogP contribution in [-0.2, 0) is 0 Å². The first-order chi connectivity index (χ1) is 4.97. The van der Waals surface area contributed by atoms with Crippen LogP contribution in [0.15, 0.2) is 21.4 Å². The third kappa shape index (κ3) is 0.885. The van der Waals surface area contributed by atoms with Gasteiger partial charge >= 0.3 is 0 Å². The molecule has 0 spiro atoms. The van der Waals surface area contributed by atoms with Crippen LogP contribution < -0.4 is 0 Å². The standard InChI is InChI=1S/C7H6N2S/c1-4-10-7-6(1)5-8-2-3-9-7/h1,3-5H,2H2. The fourth-order valence-corrected chi connectivity index (χ4v) is 1.57. The molecule has 3 heteroatoms. The van der Waals surface area contributed by atoms with E-state index in [1.54, 1.807) is 11.3 Å². The highest BCUT2D eigenvalue weighted by Crippen LogP contribution is 2.25. The maximum Gasteiger partial charge on any atom is 0.124 e. The lowest BCUT2D eigenvalue weighted by Gasteiger charge is -1.83. The summed E-state index contributed by atoms with van der Waals surface area (Å²) < 4.78 is 0. The first kappa shape index (κ1) is 5.80. The lowest BCUT2D eigenvalue weighted by Crippen LogP contribution is -1.77. The van der Waals surface area contributed by atoms with Crippen molar-refractivity contribution in [1.29, 1.82) is 0 Å². The van der Waals surface area contributed by atoms with Crippen molar-refractivity contribution in [2.45, 2.75) is 0 Å². The Morgan fingerprint density at radius 1 is 1.50 bits per heavy atom. The summed E-state index contributed by atoms with van der Waals surface area (Å²) in [6, 6.07) is 2.03. The van der Waals surface area contributed by atoms with Crippen molar-refractivity contribution in [2.24, 2.45) is 9.98 Å². The van der Waals surface area contributed by atoms with Gasteiger partial charge in [0.1, 0.15) is 5.00 Å². The van der Waals surface area contributed by atoms with Gasteiger partial charge in [0.25, 0.3) is 0 Å². The molecule has 0 amide bonds. The summed E-state index contributed by atoms with van der Waals surface area (Å²) in [6.45, 7) is 0.710. The Labute approximate surface area is 63.0 Å². The summed E-state index contributed by atoms with van der Waals surface area (Å²) in [7, 11) is 0. The van der Waals surface area contributed by atoms with Crippen LogP contribution in [-0.4, -0.2) is 19.0 Å². The molecular weight excluding hydrogens is 144 g/mol. The maximum atomic E-state index is 4.22. The van der Waals surface area contributed by atoms with Crippen LogP contribution in [0.3, 0.4) is 0 Å². The van der Waals surface area contributed by atoms with Gasteiger partial charge in [-0.15, -0.1) is 11.3 Å². The molecule has 2 nitrogen and oxygen atoms in total. The first-order valence-corrected chi connectivity index (χ1v) is 3.94. The predicted molar refractivity (Wildman–Crippen MR) is 44.9 cm³/mol. The number of thiophene rings is 1. The SMILES string of the molecule is C1=NCC=Nc2sccc21. The van der Waals surface area contributed by atoms with Gasteiger partial charge < -0.3 is 0 Å². The van der Waals surface area contributed by atoms with Crippen LogP contribution >= 0.6 is 11.3 Å². The summed E-state index contributed by atoms with van der Waals surface area (Å²) in [5.41, 5.74) is 1.14. The molecule has 1 aliphatic rings. The third-order valence-electron chi connectivity index (χ3n) is 1.30. The number of rotatable bonds is 0. The number of hydrogen-bond acceptors (Lipinski definition) is 3. The Bertz CT molecular complexity index is 259. The lowest BCUT2D eigenvalue weighted by molar-refractivity contribution is 1.35. The summed E-state index contributed by atoms with van der Waals surface area (Å²) in [5, 5.41) is 3.10. The number of aliphatic imine (C=N–C) groups is 2. The zero-order valence-electron chi connectivity index (χ0n) is 5.32. The number of fused-ring (bicyclic) bond motifs is 1. The summed E-state index contributed by atoms with van der Waals surface area (Å²) in [6.07, 6.45) is 3.71. The molecule has 0 atom stereocenters. The van der Waals surface area contributed by atoms with E-state index < -0.39 is 0 Å². The molecule has 2 rings (SSSR count). The number of hydrogen-bond donors (Lipinski definition) is 0. The summed E-state index contributed by atoms with van der Waals surface area (Å²) in [5.74, 6) is 0. The van der Waals surface area contributed by atoms with E-state index in [-0.39, 0.29) is 0 Å². The van der Waals surface area contributed by atoms with Crippen molar-refractivity contribution in [3.8, 4) is 0 Å². The van der Waals surface area contributed by atoms with Crippen molar-refractivity contribution in [2.75, 3.05) is 6.54 Å². The van der Waals surface area contributed by atoms with E-state index in [2.05, 4.69) is 9.98 Å². The molecule has 0 fully saturated rings. The minimum atomic E-state index is 0.710. The molecular formula is C7H6N2S. The highest BCUT2D eigenvalue weighted by molar-refractivity contribution is 7.14. The molecule has 1 aliphatic heterocycles. The Hall–Kier alpha value is -0.960. The van der Waals surface area contributed by atoms with Crippen molar-refractivity contribution in [3.05, 3.63) is 17.0 Å². The zero-order chi connectivity index (χ0) is 6.81. The number of nitrogens with zero attached hydrogens (tertiary/aromatic N) is 2. The largest absolute Gasteiger partial charge is 0.287 e. The Kier molecular flexibility index (Phi) is 1.36. The summed E-state index contributed by atoms with van der Waals surface area (Å²) in [4.78, 5) is 8.33. The van der Waals surface area contributed by atoms with Gasteiger partial charge in [-0.05, 0) is 11.4 Å². The topological polar surface area (TPSA) is 24.7 Å². The Balaban J connectivity index is 2.56. The average Bonchev–Trinajstić information content (AvgIpc) is 2.28. The van der Waals surface area contributed by atoms with E-state index in [1.165, 1.54) is 0 Å². The van der Waals surface area contributed by atoms with Crippen LogP contribution in [0.2, 0.25) is 0 Å². The highest BCUT2D eigenvalue weighted by atomic mass is 32.1. The van der Waals surface area contributed by atoms with E-state index in [1.807, 2.05) is 23.9 Å². The van der Waals surface area contributed by atoms with Gasteiger partial charge in [0.05, 0.1) is 6.54 Å². The molecule has 10 heavy (non-hydrogen) atoms. The molecule has 2 heterocycles. The molecule has 0 unspecified atom stereocenters. The van der Waals surface area contributed by atoms with Crippen LogP contribution in [0.25, 0.3) is 0 Å². The minimum Gasteiger partial charge on any atom is -0.287 e. The third-order valence-corrected chi connectivity index (χ3v) is 2.14. The first-order valence-electron chi connectivity index (χ1n) is 3.06.